The third-order valence-corrected chi connectivity index (χ3v) is 3.02. The van der Waals surface area contributed by atoms with Gasteiger partial charge in [0.1, 0.15) is 0 Å². The van der Waals surface area contributed by atoms with Crippen LogP contribution >= 0.6 is 12.4 Å². The fourth-order valence-corrected chi connectivity index (χ4v) is 1.75. The molecular weight excluding hydrogens is 252 g/mol. The van der Waals surface area contributed by atoms with E-state index in [2.05, 4.69) is 15.7 Å². The zero-order chi connectivity index (χ0) is 12.3. The molecule has 1 aromatic rings. The highest BCUT2D eigenvalue weighted by molar-refractivity contribution is 5.85. The van der Waals surface area contributed by atoms with Crippen molar-refractivity contribution in [3.05, 3.63) is 18.0 Å². The van der Waals surface area contributed by atoms with E-state index in [1.165, 1.54) is 12.8 Å². The van der Waals surface area contributed by atoms with Gasteiger partial charge >= 0.3 is 0 Å². The van der Waals surface area contributed by atoms with E-state index >= 15 is 0 Å². The van der Waals surface area contributed by atoms with Gasteiger partial charge < -0.3 is 10.6 Å². The number of carbonyl (C=O) groups excluding carboxylic acids is 1. The monoisotopic (exact) mass is 272 g/mol. The molecule has 1 heterocycles. The molecule has 0 aliphatic heterocycles. The van der Waals surface area contributed by atoms with Crippen LogP contribution in [0.5, 0.6) is 0 Å². The van der Waals surface area contributed by atoms with Crippen molar-refractivity contribution < 1.29 is 4.79 Å². The molecule has 5 nitrogen and oxygen atoms in total. The standard InChI is InChI=1S/C12H20N4O.ClH/c1-9(11-6-14-16(2)8-11)15-12(17)7-13-5-10-3-4-10;/h6,8-10,13H,3-5,7H2,1-2H3,(H,15,17);1H. The summed E-state index contributed by atoms with van der Waals surface area (Å²) in [5.74, 6) is 0.848. The second-order valence-corrected chi connectivity index (χ2v) is 4.81. The molecule has 1 unspecified atom stereocenters. The summed E-state index contributed by atoms with van der Waals surface area (Å²) in [6.45, 7) is 3.34. The second kappa shape index (κ2) is 6.75. The van der Waals surface area contributed by atoms with Crippen LogP contribution in [0.3, 0.4) is 0 Å². The molecule has 1 aromatic heterocycles. The van der Waals surface area contributed by atoms with Crippen molar-refractivity contribution >= 4 is 18.3 Å². The number of amides is 1. The number of hydrogen-bond acceptors (Lipinski definition) is 3. The van der Waals surface area contributed by atoms with Crippen LogP contribution in [0.25, 0.3) is 0 Å². The predicted molar refractivity (Wildman–Crippen MR) is 72.6 cm³/mol. The lowest BCUT2D eigenvalue weighted by atomic mass is 10.2. The lowest BCUT2D eigenvalue weighted by Crippen LogP contribution is -2.36. The van der Waals surface area contributed by atoms with Crippen LogP contribution in [0.15, 0.2) is 12.4 Å². The van der Waals surface area contributed by atoms with Gasteiger partial charge in [-0.15, -0.1) is 12.4 Å². The molecule has 0 saturated heterocycles. The summed E-state index contributed by atoms with van der Waals surface area (Å²) >= 11 is 0. The van der Waals surface area contributed by atoms with Crippen LogP contribution in [0.2, 0.25) is 0 Å². The van der Waals surface area contributed by atoms with E-state index in [1.54, 1.807) is 10.9 Å². The Morgan fingerprint density at radius 3 is 2.89 bits per heavy atom. The molecule has 0 radical (unpaired) electrons. The lowest BCUT2D eigenvalue weighted by Gasteiger charge is -2.12. The third-order valence-electron chi connectivity index (χ3n) is 3.02. The molecule has 0 aromatic carbocycles. The number of nitrogens with zero attached hydrogens (tertiary/aromatic N) is 2. The number of halogens is 1. The summed E-state index contributed by atoms with van der Waals surface area (Å²) in [7, 11) is 1.87. The first-order valence-corrected chi connectivity index (χ1v) is 6.14. The number of aromatic nitrogens is 2. The van der Waals surface area contributed by atoms with Crippen molar-refractivity contribution in [1.82, 2.24) is 20.4 Å². The number of rotatable bonds is 6. The summed E-state index contributed by atoms with van der Waals surface area (Å²) in [6, 6.07) is 0.0129. The zero-order valence-corrected chi connectivity index (χ0v) is 11.7. The number of carbonyl (C=O) groups is 1. The van der Waals surface area contributed by atoms with Gasteiger partial charge in [-0.2, -0.15) is 5.10 Å². The molecule has 2 N–H and O–H groups in total. The minimum Gasteiger partial charge on any atom is -0.348 e. The number of nitrogens with one attached hydrogen (secondary N) is 2. The van der Waals surface area contributed by atoms with Gasteiger partial charge in [0, 0.05) is 18.8 Å². The van der Waals surface area contributed by atoms with Crippen molar-refractivity contribution in [2.75, 3.05) is 13.1 Å². The van der Waals surface area contributed by atoms with Gasteiger partial charge in [0.2, 0.25) is 5.91 Å². The third kappa shape index (κ3) is 4.66. The average Bonchev–Trinajstić information content (AvgIpc) is 2.99. The first kappa shape index (κ1) is 15.0. The molecule has 0 spiro atoms. The van der Waals surface area contributed by atoms with Gasteiger partial charge in [0.15, 0.2) is 0 Å². The average molecular weight is 273 g/mol. The van der Waals surface area contributed by atoms with Crippen LogP contribution in [0.1, 0.15) is 31.4 Å². The van der Waals surface area contributed by atoms with E-state index in [0.717, 1.165) is 18.0 Å². The largest absolute Gasteiger partial charge is 0.348 e. The quantitative estimate of drug-likeness (QED) is 0.813. The summed E-state index contributed by atoms with van der Waals surface area (Å²) in [5.41, 5.74) is 1.03. The van der Waals surface area contributed by atoms with Crippen molar-refractivity contribution in [2.24, 2.45) is 13.0 Å². The Bertz CT molecular complexity index is 389. The van der Waals surface area contributed by atoms with Gasteiger partial charge in [-0.05, 0) is 32.2 Å². The van der Waals surface area contributed by atoms with Crippen LogP contribution in [0.4, 0.5) is 0 Å². The van der Waals surface area contributed by atoms with E-state index in [1.807, 2.05) is 20.2 Å². The maximum absolute atomic E-state index is 11.6. The molecule has 0 bridgehead atoms. The maximum atomic E-state index is 11.6. The van der Waals surface area contributed by atoms with Gasteiger partial charge in [-0.3, -0.25) is 9.48 Å². The topological polar surface area (TPSA) is 59.0 Å². The predicted octanol–water partition coefficient (Wildman–Crippen LogP) is 1.02. The molecule has 1 fully saturated rings. The summed E-state index contributed by atoms with van der Waals surface area (Å²) in [6.07, 6.45) is 6.31. The molecule has 1 aliphatic carbocycles. The van der Waals surface area contributed by atoms with Crippen LogP contribution < -0.4 is 10.6 Å². The van der Waals surface area contributed by atoms with Crippen LogP contribution in [0, 0.1) is 5.92 Å². The molecule has 18 heavy (non-hydrogen) atoms. The normalized spacial score (nSPS) is 15.9. The summed E-state index contributed by atoms with van der Waals surface area (Å²) < 4.78 is 1.74. The molecule has 1 aliphatic rings. The molecule has 1 amide bonds. The number of aryl methyl sites for hydroxylation is 1. The van der Waals surface area contributed by atoms with Gasteiger partial charge in [0.25, 0.3) is 0 Å². The Morgan fingerprint density at radius 1 is 1.61 bits per heavy atom. The number of hydrogen-bond donors (Lipinski definition) is 2. The first-order valence-electron chi connectivity index (χ1n) is 6.14. The SMILES string of the molecule is CC(NC(=O)CNCC1CC1)c1cnn(C)c1.Cl. The Morgan fingerprint density at radius 2 is 2.33 bits per heavy atom. The van der Waals surface area contributed by atoms with E-state index < -0.39 is 0 Å². The first-order chi connectivity index (χ1) is 8.15. The fourth-order valence-electron chi connectivity index (χ4n) is 1.75. The Kier molecular flexibility index (Phi) is 5.62. The van der Waals surface area contributed by atoms with E-state index in [0.29, 0.717) is 6.54 Å². The van der Waals surface area contributed by atoms with Crippen LogP contribution in [-0.2, 0) is 11.8 Å². The molecule has 6 heteroatoms. The highest BCUT2D eigenvalue weighted by Gasteiger charge is 2.20. The second-order valence-electron chi connectivity index (χ2n) is 4.81. The Labute approximate surface area is 114 Å². The summed E-state index contributed by atoms with van der Waals surface area (Å²) in [5, 5.41) is 10.2. The van der Waals surface area contributed by atoms with Crippen molar-refractivity contribution in [2.45, 2.75) is 25.8 Å². The maximum Gasteiger partial charge on any atom is 0.234 e. The lowest BCUT2D eigenvalue weighted by molar-refractivity contribution is -0.120. The van der Waals surface area contributed by atoms with E-state index in [-0.39, 0.29) is 24.4 Å². The van der Waals surface area contributed by atoms with Gasteiger partial charge in [-0.25, -0.2) is 0 Å². The Balaban J connectivity index is 0.00000162. The van der Waals surface area contributed by atoms with Crippen molar-refractivity contribution in [3.8, 4) is 0 Å². The fraction of sp³-hybridized carbons (Fsp3) is 0.667. The smallest absolute Gasteiger partial charge is 0.234 e. The van der Waals surface area contributed by atoms with Crippen molar-refractivity contribution in [3.63, 3.8) is 0 Å². The molecular formula is C12H21ClN4O. The van der Waals surface area contributed by atoms with E-state index in [9.17, 15) is 4.79 Å². The van der Waals surface area contributed by atoms with Gasteiger partial charge in [0.05, 0.1) is 18.8 Å². The highest BCUT2D eigenvalue weighted by Crippen LogP contribution is 2.27. The molecule has 2 rings (SSSR count). The zero-order valence-electron chi connectivity index (χ0n) is 10.8. The molecule has 102 valence electrons. The summed E-state index contributed by atoms with van der Waals surface area (Å²) in [4.78, 5) is 11.6. The Hall–Kier alpha value is -1.07. The van der Waals surface area contributed by atoms with Gasteiger partial charge in [-0.1, -0.05) is 0 Å². The van der Waals surface area contributed by atoms with E-state index in [4.69, 9.17) is 0 Å². The van der Waals surface area contributed by atoms with Crippen molar-refractivity contribution in [1.29, 1.82) is 0 Å². The molecule has 1 saturated carbocycles. The minimum absolute atomic E-state index is 0. The molecule has 1 atom stereocenters. The highest BCUT2D eigenvalue weighted by atomic mass is 35.5. The minimum atomic E-state index is 0. The van der Waals surface area contributed by atoms with Crippen LogP contribution in [-0.4, -0.2) is 28.8 Å².